The van der Waals surface area contributed by atoms with E-state index in [9.17, 15) is 4.79 Å². The number of rotatable bonds is 5. The van der Waals surface area contributed by atoms with Gasteiger partial charge in [0.2, 0.25) is 0 Å². The lowest BCUT2D eigenvalue weighted by molar-refractivity contribution is -0.140. The van der Waals surface area contributed by atoms with Crippen LogP contribution in [-0.4, -0.2) is 35.4 Å². The normalized spacial score (nSPS) is 12.5. The Balaban J connectivity index is 3.60. The maximum Gasteiger partial charge on any atom is 0.323 e. The first-order valence-corrected chi connectivity index (χ1v) is 2.90. The first-order chi connectivity index (χ1) is 4.72. The molecule has 0 bridgehead atoms. The highest BCUT2D eigenvalue weighted by Crippen LogP contribution is 1.80. The molecule has 4 heteroatoms. The van der Waals surface area contributed by atoms with Crippen LogP contribution in [0.5, 0.6) is 0 Å². The molecule has 0 rings (SSSR count). The summed E-state index contributed by atoms with van der Waals surface area (Å²) in [5, 5.41) is 19.3. The number of carboxylic acids is 1. The van der Waals surface area contributed by atoms with E-state index in [0.29, 0.717) is 6.54 Å². The smallest absolute Gasteiger partial charge is 0.323 e. The summed E-state index contributed by atoms with van der Waals surface area (Å²) >= 11 is 0. The lowest BCUT2D eigenvalue weighted by Gasteiger charge is -2.08. The predicted molar refractivity (Wildman–Crippen MR) is 36.7 cm³/mol. The van der Waals surface area contributed by atoms with E-state index in [-0.39, 0.29) is 0 Å². The van der Waals surface area contributed by atoms with Crippen molar-refractivity contribution in [3.05, 3.63) is 12.7 Å². The second kappa shape index (κ2) is 4.96. The Hall–Kier alpha value is -0.870. The van der Waals surface area contributed by atoms with Gasteiger partial charge in [-0.3, -0.25) is 10.1 Å². The molecule has 0 amide bonds. The summed E-state index contributed by atoms with van der Waals surface area (Å²) in [7, 11) is 0. The van der Waals surface area contributed by atoms with Crippen LogP contribution in [0.1, 0.15) is 0 Å². The first-order valence-electron chi connectivity index (χ1n) is 2.90. The molecule has 0 fully saturated rings. The van der Waals surface area contributed by atoms with E-state index < -0.39 is 18.6 Å². The minimum absolute atomic E-state index is 0.386. The zero-order chi connectivity index (χ0) is 7.98. The molecule has 58 valence electrons. The predicted octanol–water partition coefficient (Wildman–Crippen LogP) is -0.793. The number of aliphatic hydroxyl groups excluding tert-OH is 1. The van der Waals surface area contributed by atoms with Gasteiger partial charge in [0.05, 0.1) is 6.61 Å². The lowest BCUT2D eigenvalue weighted by atomic mass is 10.3. The number of hydrogen-bond donors (Lipinski definition) is 3. The van der Waals surface area contributed by atoms with Crippen LogP contribution in [-0.2, 0) is 4.79 Å². The highest BCUT2D eigenvalue weighted by Gasteiger charge is 2.13. The van der Waals surface area contributed by atoms with Gasteiger partial charge >= 0.3 is 5.97 Å². The molecule has 1 unspecified atom stereocenters. The molecule has 0 saturated carbocycles. The summed E-state index contributed by atoms with van der Waals surface area (Å²) in [4.78, 5) is 10.2. The van der Waals surface area contributed by atoms with Crippen molar-refractivity contribution in [1.82, 2.24) is 5.32 Å². The van der Waals surface area contributed by atoms with Crippen LogP contribution in [0.2, 0.25) is 0 Å². The third-order valence-electron chi connectivity index (χ3n) is 0.989. The van der Waals surface area contributed by atoms with Gasteiger partial charge in [0.15, 0.2) is 0 Å². The van der Waals surface area contributed by atoms with E-state index >= 15 is 0 Å². The van der Waals surface area contributed by atoms with Crippen molar-refractivity contribution in [1.29, 1.82) is 0 Å². The van der Waals surface area contributed by atoms with Crippen molar-refractivity contribution < 1.29 is 15.0 Å². The molecule has 0 saturated heterocycles. The molecule has 0 spiro atoms. The van der Waals surface area contributed by atoms with Crippen molar-refractivity contribution in [2.75, 3.05) is 13.2 Å². The van der Waals surface area contributed by atoms with Crippen LogP contribution in [0.4, 0.5) is 0 Å². The van der Waals surface area contributed by atoms with Gasteiger partial charge in [-0.25, -0.2) is 0 Å². The van der Waals surface area contributed by atoms with Crippen LogP contribution < -0.4 is 5.32 Å². The quantitative estimate of drug-likeness (QED) is 0.443. The van der Waals surface area contributed by atoms with Crippen LogP contribution in [0, 0.1) is 0 Å². The Morgan fingerprint density at radius 2 is 2.40 bits per heavy atom. The number of aliphatic carboxylic acids is 1. The van der Waals surface area contributed by atoms with Gasteiger partial charge in [-0.05, 0) is 0 Å². The van der Waals surface area contributed by atoms with Gasteiger partial charge in [-0.2, -0.15) is 0 Å². The Bertz CT molecular complexity index is 124. The molecule has 0 aliphatic rings. The molecule has 10 heavy (non-hydrogen) atoms. The van der Waals surface area contributed by atoms with Crippen LogP contribution in [0.25, 0.3) is 0 Å². The van der Waals surface area contributed by atoms with Crippen molar-refractivity contribution in [2.45, 2.75) is 6.04 Å². The van der Waals surface area contributed by atoms with Crippen molar-refractivity contribution >= 4 is 5.97 Å². The zero-order valence-corrected chi connectivity index (χ0v) is 5.58. The first kappa shape index (κ1) is 9.13. The van der Waals surface area contributed by atoms with Crippen molar-refractivity contribution in [2.24, 2.45) is 0 Å². The standard InChI is InChI=1S/C6H11NO3/c1-2-3-7-5(4-8)6(9)10/h2,5,7-8H,1,3-4H2,(H,9,10). The highest BCUT2D eigenvalue weighted by atomic mass is 16.4. The average Bonchev–Trinajstić information content (AvgIpc) is 1.89. The molecular weight excluding hydrogens is 134 g/mol. The molecule has 0 aliphatic heterocycles. The molecule has 0 radical (unpaired) electrons. The molecule has 0 aromatic carbocycles. The summed E-state index contributed by atoms with van der Waals surface area (Å²) in [5.41, 5.74) is 0. The van der Waals surface area contributed by atoms with Crippen LogP contribution in [0.3, 0.4) is 0 Å². The summed E-state index contributed by atoms with van der Waals surface area (Å²) in [5.74, 6) is -1.05. The average molecular weight is 145 g/mol. The number of carbonyl (C=O) groups is 1. The maximum absolute atomic E-state index is 10.2. The molecule has 0 heterocycles. The summed E-state index contributed by atoms with van der Waals surface area (Å²) in [6.45, 7) is 3.38. The van der Waals surface area contributed by atoms with Gasteiger partial charge in [-0.15, -0.1) is 6.58 Å². The fraction of sp³-hybridized carbons (Fsp3) is 0.500. The van der Waals surface area contributed by atoms with E-state index in [4.69, 9.17) is 10.2 Å². The molecule has 0 aliphatic carbocycles. The fourth-order valence-electron chi connectivity index (χ4n) is 0.456. The van der Waals surface area contributed by atoms with E-state index in [1.807, 2.05) is 0 Å². The molecule has 0 aromatic heterocycles. The van der Waals surface area contributed by atoms with E-state index in [0.717, 1.165) is 0 Å². The molecular formula is C6H11NO3. The van der Waals surface area contributed by atoms with Gasteiger partial charge in [0.25, 0.3) is 0 Å². The minimum Gasteiger partial charge on any atom is -0.480 e. The molecule has 4 nitrogen and oxygen atoms in total. The third-order valence-corrected chi connectivity index (χ3v) is 0.989. The monoisotopic (exact) mass is 145 g/mol. The SMILES string of the molecule is C=CCNC(CO)C(=O)O. The summed E-state index contributed by atoms with van der Waals surface area (Å²) in [6.07, 6.45) is 1.53. The van der Waals surface area contributed by atoms with E-state index in [1.54, 1.807) is 0 Å². The molecule has 0 aromatic rings. The van der Waals surface area contributed by atoms with E-state index in [1.165, 1.54) is 6.08 Å². The molecule has 3 N–H and O–H groups in total. The number of carboxylic acid groups (broad SMARTS) is 1. The fourth-order valence-corrected chi connectivity index (χ4v) is 0.456. The third kappa shape index (κ3) is 3.21. The van der Waals surface area contributed by atoms with Gasteiger partial charge in [0.1, 0.15) is 6.04 Å². The number of nitrogens with one attached hydrogen (secondary N) is 1. The highest BCUT2D eigenvalue weighted by molar-refractivity contribution is 5.73. The number of hydrogen-bond acceptors (Lipinski definition) is 3. The lowest BCUT2D eigenvalue weighted by Crippen LogP contribution is -2.39. The second-order valence-corrected chi connectivity index (χ2v) is 1.77. The Morgan fingerprint density at radius 1 is 1.80 bits per heavy atom. The van der Waals surface area contributed by atoms with Gasteiger partial charge in [0, 0.05) is 6.54 Å². The maximum atomic E-state index is 10.2. The Labute approximate surface area is 59.2 Å². The summed E-state index contributed by atoms with van der Waals surface area (Å²) in [6, 6.07) is -0.877. The van der Waals surface area contributed by atoms with Crippen molar-refractivity contribution in [3.63, 3.8) is 0 Å². The Morgan fingerprint density at radius 3 is 2.70 bits per heavy atom. The van der Waals surface area contributed by atoms with Crippen LogP contribution >= 0.6 is 0 Å². The van der Waals surface area contributed by atoms with Crippen LogP contribution in [0.15, 0.2) is 12.7 Å². The largest absolute Gasteiger partial charge is 0.480 e. The second-order valence-electron chi connectivity index (χ2n) is 1.77. The number of aliphatic hydroxyl groups is 1. The Kier molecular flexibility index (Phi) is 4.53. The van der Waals surface area contributed by atoms with Crippen molar-refractivity contribution in [3.8, 4) is 0 Å². The van der Waals surface area contributed by atoms with E-state index in [2.05, 4.69) is 11.9 Å². The van der Waals surface area contributed by atoms with Gasteiger partial charge < -0.3 is 10.2 Å². The topological polar surface area (TPSA) is 69.6 Å². The molecule has 1 atom stereocenters. The van der Waals surface area contributed by atoms with Gasteiger partial charge in [-0.1, -0.05) is 6.08 Å². The zero-order valence-electron chi connectivity index (χ0n) is 5.58. The summed E-state index contributed by atoms with van der Waals surface area (Å²) < 4.78 is 0. The minimum atomic E-state index is -1.05.